The molecule has 88 valence electrons. The summed E-state index contributed by atoms with van der Waals surface area (Å²) in [6, 6.07) is 7.81. The van der Waals surface area contributed by atoms with E-state index in [1.807, 2.05) is 31.2 Å². The minimum Gasteiger partial charge on any atom is -0.352 e. The molecular formula is C12H15BrClNO. The summed E-state index contributed by atoms with van der Waals surface area (Å²) in [6.45, 7) is 2.01. The summed E-state index contributed by atoms with van der Waals surface area (Å²) >= 11 is 9.10. The van der Waals surface area contributed by atoms with Crippen LogP contribution in [-0.4, -0.2) is 17.8 Å². The van der Waals surface area contributed by atoms with Crippen molar-refractivity contribution in [2.75, 3.05) is 5.88 Å². The molecule has 0 fully saturated rings. The molecule has 0 radical (unpaired) electrons. The average Bonchev–Trinajstić information content (AvgIpc) is 2.26. The zero-order chi connectivity index (χ0) is 12.0. The standard InChI is InChI=1S/C12H15BrClNO/c1-2-11(8-14)15-12(16)7-9-4-3-5-10(13)6-9/h3-6,11H,2,7-8H2,1H3,(H,15,16). The van der Waals surface area contributed by atoms with Crippen LogP contribution in [0.5, 0.6) is 0 Å². The van der Waals surface area contributed by atoms with Crippen molar-refractivity contribution in [1.29, 1.82) is 0 Å². The van der Waals surface area contributed by atoms with Gasteiger partial charge in [-0.15, -0.1) is 11.6 Å². The molecule has 2 nitrogen and oxygen atoms in total. The van der Waals surface area contributed by atoms with Crippen molar-refractivity contribution in [3.63, 3.8) is 0 Å². The van der Waals surface area contributed by atoms with Gasteiger partial charge in [0.15, 0.2) is 0 Å². The highest BCUT2D eigenvalue weighted by Crippen LogP contribution is 2.12. The number of benzene rings is 1. The Morgan fingerprint density at radius 1 is 1.56 bits per heavy atom. The van der Waals surface area contributed by atoms with E-state index in [1.165, 1.54) is 0 Å². The number of alkyl halides is 1. The molecule has 0 saturated carbocycles. The van der Waals surface area contributed by atoms with E-state index in [4.69, 9.17) is 11.6 Å². The number of rotatable bonds is 5. The summed E-state index contributed by atoms with van der Waals surface area (Å²) in [6.07, 6.45) is 1.25. The molecule has 1 atom stereocenters. The van der Waals surface area contributed by atoms with Gasteiger partial charge in [-0.3, -0.25) is 4.79 Å². The molecule has 0 aliphatic carbocycles. The van der Waals surface area contributed by atoms with Gasteiger partial charge in [0.25, 0.3) is 0 Å². The van der Waals surface area contributed by atoms with Crippen molar-refractivity contribution in [2.45, 2.75) is 25.8 Å². The molecular weight excluding hydrogens is 289 g/mol. The molecule has 1 N–H and O–H groups in total. The van der Waals surface area contributed by atoms with Crippen molar-refractivity contribution in [2.24, 2.45) is 0 Å². The molecule has 0 heterocycles. The summed E-state index contributed by atoms with van der Waals surface area (Å²) < 4.78 is 0.988. The van der Waals surface area contributed by atoms with Gasteiger partial charge in [-0.25, -0.2) is 0 Å². The normalized spacial score (nSPS) is 12.2. The van der Waals surface area contributed by atoms with Crippen molar-refractivity contribution >= 4 is 33.4 Å². The van der Waals surface area contributed by atoms with Crippen LogP contribution in [0.15, 0.2) is 28.7 Å². The van der Waals surface area contributed by atoms with Crippen molar-refractivity contribution < 1.29 is 4.79 Å². The molecule has 0 bridgehead atoms. The second kappa shape index (κ2) is 6.92. The maximum absolute atomic E-state index is 11.7. The van der Waals surface area contributed by atoms with Gasteiger partial charge in [-0.1, -0.05) is 35.0 Å². The van der Waals surface area contributed by atoms with Crippen molar-refractivity contribution in [3.05, 3.63) is 34.3 Å². The predicted molar refractivity (Wildman–Crippen MR) is 70.8 cm³/mol. The van der Waals surface area contributed by atoms with Crippen LogP contribution in [0.2, 0.25) is 0 Å². The first-order chi connectivity index (χ1) is 7.65. The lowest BCUT2D eigenvalue weighted by Gasteiger charge is -2.13. The summed E-state index contributed by atoms with van der Waals surface area (Å²) in [7, 11) is 0. The maximum atomic E-state index is 11.7. The highest BCUT2D eigenvalue weighted by atomic mass is 79.9. The molecule has 0 saturated heterocycles. The summed E-state index contributed by atoms with van der Waals surface area (Å²) in [5.74, 6) is 0.478. The zero-order valence-electron chi connectivity index (χ0n) is 9.17. The van der Waals surface area contributed by atoms with Crippen molar-refractivity contribution in [3.8, 4) is 0 Å². The fourth-order valence-electron chi connectivity index (χ4n) is 1.36. The summed E-state index contributed by atoms with van der Waals surface area (Å²) in [4.78, 5) is 11.7. The molecule has 0 spiro atoms. The molecule has 1 aromatic carbocycles. The van der Waals surface area contributed by atoms with Gasteiger partial charge in [0.1, 0.15) is 0 Å². The molecule has 1 rings (SSSR count). The van der Waals surface area contributed by atoms with Gasteiger partial charge in [0, 0.05) is 16.4 Å². The molecule has 1 aromatic rings. The average molecular weight is 305 g/mol. The number of carbonyl (C=O) groups is 1. The van der Waals surface area contributed by atoms with E-state index in [-0.39, 0.29) is 11.9 Å². The molecule has 0 aliphatic rings. The van der Waals surface area contributed by atoms with E-state index < -0.39 is 0 Å². The van der Waals surface area contributed by atoms with Gasteiger partial charge < -0.3 is 5.32 Å². The van der Waals surface area contributed by atoms with Gasteiger partial charge in [0.05, 0.1) is 6.42 Å². The molecule has 1 amide bonds. The second-order valence-electron chi connectivity index (χ2n) is 3.63. The van der Waals surface area contributed by atoms with Gasteiger partial charge in [-0.05, 0) is 24.1 Å². The third-order valence-corrected chi connectivity index (χ3v) is 3.16. The predicted octanol–water partition coefficient (Wildman–Crippen LogP) is 3.13. The van der Waals surface area contributed by atoms with Gasteiger partial charge in [0.2, 0.25) is 5.91 Å². The topological polar surface area (TPSA) is 29.1 Å². The highest BCUT2D eigenvalue weighted by Gasteiger charge is 2.09. The molecule has 4 heteroatoms. The Labute approximate surface area is 110 Å². The Bertz CT molecular complexity index is 353. The Morgan fingerprint density at radius 3 is 2.88 bits per heavy atom. The van der Waals surface area contributed by atoms with Gasteiger partial charge >= 0.3 is 0 Å². The second-order valence-corrected chi connectivity index (χ2v) is 4.86. The van der Waals surface area contributed by atoms with E-state index in [1.54, 1.807) is 0 Å². The van der Waals surface area contributed by atoms with Gasteiger partial charge in [-0.2, -0.15) is 0 Å². The largest absolute Gasteiger partial charge is 0.352 e. The van der Waals surface area contributed by atoms with Crippen molar-refractivity contribution in [1.82, 2.24) is 5.32 Å². The Hall–Kier alpha value is -0.540. The smallest absolute Gasteiger partial charge is 0.224 e. The van der Waals surface area contributed by atoms with Crippen LogP contribution in [0.1, 0.15) is 18.9 Å². The van der Waals surface area contributed by atoms with Crippen LogP contribution >= 0.6 is 27.5 Å². The van der Waals surface area contributed by atoms with Crippen LogP contribution in [-0.2, 0) is 11.2 Å². The van der Waals surface area contributed by atoms with E-state index in [0.29, 0.717) is 12.3 Å². The third-order valence-electron chi connectivity index (χ3n) is 2.30. The lowest BCUT2D eigenvalue weighted by atomic mass is 10.1. The summed E-state index contributed by atoms with van der Waals surface area (Å²) in [5.41, 5.74) is 0.997. The summed E-state index contributed by atoms with van der Waals surface area (Å²) in [5, 5.41) is 2.90. The number of halogens is 2. The first-order valence-electron chi connectivity index (χ1n) is 5.25. The quantitative estimate of drug-likeness (QED) is 0.832. The van der Waals surface area contributed by atoms with Crippen LogP contribution in [0.3, 0.4) is 0 Å². The number of hydrogen-bond acceptors (Lipinski definition) is 1. The SMILES string of the molecule is CCC(CCl)NC(=O)Cc1cccc(Br)c1. The van der Waals surface area contributed by atoms with Crippen LogP contribution in [0.25, 0.3) is 0 Å². The zero-order valence-corrected chi connectivity index (χ0v) is 11.5. The lowest BCUT2D eigenvalue weighted by molar-refractivity contribution is -0.121. The van der Waals surface area contributed by atoms with E-state index in [2.05, 4.69) is 21.2 Å². The first kappa shape index (κ1) is 13.5. The molecule has 16 heavy (non-hydrogen) atoms. The number of hydrogen-bond donors (Lipinski definition) is 1. The fourth-order valence-corrected chi connectivity index (χ4v) is 2.10. The molecule has 0 aromatic heterocycles. The number of nitrogens with one attached hydrogen (secondary N) is 1. The molecule has 1 unspecified atom stereocenters. The monoisotopic (exact) mass is 303 g/mol. The minimum absolute atomic E-state index is 0.0191. The Morgan fingerprint density at radius 2 is 2.31 bits per heavy atom. The Kier molecular flexibility index (Phi) is 5.85. The van der Waals surface area contributed by atoms with Crippen LogP contribution in [0.4, 0.5) is 0 Å². The number of amides is 1. The maximum Gasteiger partial charge on any atom is 0.224 e. The number of carbonyl (C=O) groups excluding carboxylic acids is 1. The third kappa shape index (κ3) is 4.54. The Balaban J connectivity index is 2.51. The van der Waals surface area contributed by atoms with Crippen LogP contribution < -0.4 is 5.32 Å². The van der Waals surface area contributed by atoms with Crippen LogP contribution in [0, 0.1) is 0 Å². The highest BCUT2D eigenvalue weighted by molar-refractivity contribution is 9.10. The molecule has 0 aliphatic heterocycles. The minimum atomic E-state index is 0.0191. The fraction of sp³-hybridized carbons (Fsp3) is 0.417. The lowest BCUT2D eigenvalue weighted by Crippen LogP contribution is -2.36. The van der Waals surface area contributed by atoms with E-state index in [9.17, 15) is 4.79 Å². The van der Waals surface area contributed by atoms with E-state index >= 15 is 0 Å². The van der Waals surface area contributed by atoms with E-state index in [0.717, 1.165) is 16.5 Å². The first-order valence-corrected chi connectivity index (χ1v) is 6.58.